The predicted octanol–water partition coefficient (Wildman–Crippen LogP) is 2.94. The van der Waals surface area contributed by atoms with Gasteiger partial charge >= 0.3 is 6.61 Å². The molecule has 0 atom stereocenters. The van der Waals surface area contributed by atoms with Gasteiger partial charge in [0, 0.05) is 6.20 Å². The standard InChI is InChI=1S/C13H10F2N2O2/c14-13(15)19-10-6-2-1-5-9(10)12(18)17-11-7-3-4-8-16-11/h1-8,13H,(H,16,17,18). The second-order valence-corrected chi connectivity index (χ2v) is 3.54. The number of ether oxygens (including phenoxy) is 1. The fourth-order valence-electron chi connectivity index (χ4n) is 1.47. The van der Waals surface area contributed by atoms with Gasteiger partial charge < -0.3 is 10.1 Å². The molecule has 0 aliphatic carbocycles. The lowest BCUT2D eigenvalue weighted by atomic mass is 10.2. The van der Waals surface area contributed by atoms with E-state index in [9.17, 15) is 13.6 Å². The number of rotatable bonds is 4. The normalized spacial score (nSPS) is 10.3. The number of halogens is 2. The number of carbonyl (C=O) groups is 1. The maximum Gasteiger partial charge on any atom is 0.387 e. The van der Waals surface area contributed by atoms with E-state index in [0.717, 1.165) is 0 Å². The molecule has 6 heteroatoms. The average molecular weight is 264 g/mol. The van der Waals surface area contributed by atoms with Gasteiger partial charge in [0.2, 0.25) is 0 Å². The first kappa shape index (κ1) is 12.9. The van der Waals surface area contributed by atoms with Gasteiger partial charge in [-0.15, -0.1) is 0 Å². The van der Waals surface area contributed by atoms with Crippen LogP contribution in [0, 0.1) is 0 Å². The van der Waals surface area contributed by atoms with Crippen LogP contribution in [-0.2, 0) is 0 Å². The molecule has 1 heterocycles. The highest BCUT2D eigenvalue weighted by Gasteiger charge is 2.15. The third-order valence-corrected chi connectivity index (χ3v) is 2.25. The van der Waals surface area contributed by atoms with Crippen molar-refractivity contribution >= 4 is 11.7 Å². The minimum Gasteiger partial charge on any atom is -0.434 e. The molecule has 4 nitrogen and oxygen atoms in total. The summed E-state index contributed by atoms with van der Waals surface area (Å²) in [6, 6.07) is 10.8. The molecule has 2 aromatic rings. The van der Waals surface area contributed by atoms with E-state index < -0.39 is 12.5 Å². The number of carbonyl (C=O) groups excluding carboxylic acids is 1. The SMILES string of the molecule is O=C(Nc1ccccn1)c1ccccc1OC(F)F. The molecule has 0 unspecified atom stereocenters. The van der Waals surface area contributed by atoms with Crippen molar-refractivity contribution in [1.82, 2.24) is 4.98 Å². The third-order valence-electron chi connectivity index (χ3n) is 2.25. The van der Waals surface area contributed by atoms with Crippen molar-refractivity contribution in [3.05, 3.63) is 54.2 Å². The second-order valence-electron chi connectivity index (χ2n) is 3.54. The zero-order chi connectivity index (χ0) is 13.7. The van der Waals surface area contributed by atoms with E-state index in [-0.39, 0.29) is 11.3 Å². The minimum absolute atomic E-state index is 0.0217. The number of nitrogens with one attached hydrogen (secondary N) is 1. The number of alkyl halides is 2. The summed E-state index contributed by atoms with van der Waals surface area (Å²) in [4.78, 5) is 15.9. The van der Waals surface area contributed by atoms with Gasteiger partial charge in [0.25, 0.3) is 5.91 Å². The van der Waals surface area contributed by atoms with Gasteiger partial charge in [-0.05, 0) is 24.3 Å². The lowest BCUT2D eigenvalue weighted by Crippen LogP contribution is -2.15. The Morgan fingerprint density at radius 2 is 1.89 bits per heavy atom. The Kier molecular flexibility index (Phi) is 4.02. The molecular formula is C13H10F2N2O2. The van der Waals surface area contributed by atoms with E-state index in [1.807, 2.05) is 0 Å². The van der Waals surface area contributed by atoms with Crippen molar-refractivity contribution in [2.45, 2.75) is 6.61 Å². The van der Waals surface area contributed by atoms with E-state index in [4.69, 9.17) is 0 Å². The summed E-state index contributed by atoms with van der Waals surface area (Å²) >= 11 is 0. The molecule has 1 aromatic carbocycles. The maximum absolute atomic E-state index is 12.2. The van der Waals surface area contributed by atoms with Gasteiger partial charge in [-0.25, -0.2) is 4.98 Å². The molecule has 98 valence electrons. The molecule has 0 aliphatic rings. The fourth-order valence-corrected chi connectivity index (χ4v) is 1.47. The van der Waals surface area contributed by atoms with E-state index in [1.54, 1.807) is 24.3 Å². The molecule has 0 bridgehead atoms. The van der Waals surface area contributed by atoms with Crippen molar-refractivity contribution in [3.8, 4) is 5.75 Å². The first-order chi connectivity index (χ1) is 9.16. The van der Waals surface area contributed by atoms with Crippen molar-refractivity contribution in [2.24, 2.45) is 0 Å². The minimum atomic E-state index is -2.98. The summed E-state index contributed by atoms with van der Waals surface area (Å²) in [7, 11) is 0. The Labute approximate surface area is 108 Å². The summed E-state index contributed by atoms with van der Waals surface area (Å²) in [5.74, 6) is -0.403. The Hall–Kier alpha value is -2.50. The largest absolute Gasteiger partial charge is 0.434 e. The number of nitrogens with zero attached hydrogens (tertiary/aromatic N) is 1. The predicted molar refractivity (Wildman–Crippen MR) is 65.3 cm³/mol. The number of amides is 1. The highest BCUT2D eigenvalue weighted by molar-refractivity contribution is 6.05. The van der Waals surface area contributed by atoms with E-state index in [2.05, 4.69) is 15.0 Å². The molecule has 0 saturated heterocycles. The van der Waals surface area contributed by atoms with Crippen LogP contribution in [0.25, 0.3) is 0 Å². The quantitative estimate of drug-likeness (QED) is 0.923. The number of benzene rings is 1. The molecule has 0 radical (unpaired) electrons. The zero-order valence-corrected chi connectivity index (χ0v) is 9.72. The number of anilines is 1. The highest BCUT2D eigenvalue weighted by Crippen LogP contribution is 2.21. The molecule has 1 aromatic heterocycles. The van der Waals surface area contributed by atoms with Gasteiger partial charge in [0.05, 0.1) is 5.56 Å². The van der Waals surface area contributed by atoms with Crippen LogP contribution in [0.5, 0.6) is 5.75 Å². The molecule has 1 amide bonds. The second kappa shape index (κ2) is 5.90. The average Bonchev–Trinajstić information content (AvgIpc) is 2.39. The molecule has 1 N–H and O–H groups in total. The Balaban J connectivity index is 2.19. The number of aromatic nitrogens is 1. The summed E-state index contributed by atoms with van der Waals surface area (Å²) in [5.41, 5.74) is 0.0217. The molecule has 0 spiro atoms. The van der Waals surface area contributed by atoms with Crippen LogP contribution in [0.2, 0.25) is 0 Å². The van der Waals surface area contributed by atoms with Crippen LogP contribution in [-0.4, -0.2) is 17.5 Å². The first-order valence-corrected chi connectivity index (χ1v) is 5.43. The van der Waals surface area contributed by atoms with Crippen molar-refractivity contribution < 1.29 is 18.3 Å². The summed E-state index contributed by atoms with van der Waals surface area (Å²) in [6.45, 7) is -2.98. The summed E-state index contributed by atoms with van der Waals surface area (Å²) in [5, 5.41) is 2.50. The molecule has 0 saturated carbocycles. The van der Waals surface area contributed by atoms with Gasteiger partial charge in [0.1, 0.15) is 11.6 Å². The smallest absolute Gasteiger partial charge is 0.387 e. The molecule has 2 rings (SSSR count). The van der Waals surface area contributed by atoms with Crippen molar-refractivity contribution in [3.63, 3.8) is 0 Å². The van der Waals surface area contributed by atoms with Gasteiger partial charge in [0.15, 0.2) is 0 Å². The lowest BCUT2D eigenvalue weighted by Gasteiger charge is -2.10. The highest BCUT2D eigenvalue weighted by atomic mass is 19.3. The third kappa shape index (κ3) is 3.48. The Morgan fingerprint density at radius 3 is 2.58 bits per heavy atom. The van der Waals surface area contributed by atoms with Gasteiger partial charge in [-0.2, -0.15) is 8.78 Å². The monoisotopic (exact) mass is 264 g/mol. The fraction of sp³-hybridized carbons (Fsp3) is 0.0769. The van der Waals surface area contributed by atoms with E-state index in [0.29, 0.717) is 5.82 Å². The van der Waals surface area contributed by atoms with Gasteiger partial charge in [-0.1, -0.05) is 18.2 Å². The van der Waals surface area contributed by atoms with Crippen molar-refractivity contribution in [2.75, 3.05) is 5.32 Å². The van der Waals surface area contributed by atoms with E-state index in [1.165, 1.54) is 24.4 Å². The van der Waals surface area contributed by atoms with E-state index >= 15 is 0 Å². The number of hydrogen-bond acceptors (Lipinski definition) is 3. The first-order valence-electron chi connectivity index (χ1n) is 5.43. The Bertz CT molecular complexity index is 562. The zero-order valence-electron chi connectivity index (χ0n) is 9.72. The maximum atomic E-state index is 12.2. The number of hydrogen-bond donors (Lipinski definition) is 1. The van der Waals surface area contributed by atoms with Crippen LogP contribution in [0.1, 0.15) is 10.4 Å². The topological polar surface area (TPSA) is 51.2 Å². The van der Waals surface area contributed by atoms with Crippen LogP contribution < -0.4 is 10.1 Å². The van der Waals surface area contributed by atoms with Crippen LogP contribution >= 0.6 is 0 Å². The van der Waals surface area contributed by atoms with Gasteiger partial charge in [-0.3, -0.25) is 4.79 Å². The summed E-state index contributed by atoms with van der Waals surface area (Å²) < 4.78 is 28.7. The summed E-state index contributed by atoms with van der Waals surface area (Å²) in [6.07, 6.45) is 1.51. The molecule has 0 fully saturated rings. The van der Waals surface area contributed by atoms with Crippen LogP contribution in [0.15, 0.2) is 48.7 Å². The molecule has 0 aliphatic heterocycles. The molecule has 19 heavy (non-hydrogen) atoms. The number of pyridine rings is 1. The van der Waals surface area contributed by atoms with Crippen molar-refractivity contribution in [1.29, 1.82) is 0 Å². The molecular weight excluding hydrogens is 254 g/mol. The lowest BCUT2D eigenvalue weighted by molar-refractivity contribution is -0.0501. The Morgan fingerprint density at radius 1 is 1.16 bits per heavy atom. The number of para-hydroxylation sites is 1. The van der Waals surface area contributed by atoms with Crippen LogP contribution in [0.3, 0.4) is 0 Å². The van der Waals surface area contributed by atoms with Crippen LogP contribution in [0.4, 0.5) is 14.6 Å².